The van der Waals surface area contributed by atoms with Crippen molar-refractivity contribution in [3.8, 4) is 11.4 Å². The van der Waals surface area contributed by atoms with Crippen molar-refractivity contribution in [2.75, 3.05) is 19.5 Å². The molecular formula is C14H16FN3O. The number of aromatic nitrogens is 2. The Bertz CT molecular complexity index is 587. The van der Waals surface area contributed by atoms with E-state index in [4.69, 9.17) is 4.74 Å². The highest BCUT2D eigenvalue weighted by atomic mass is 19.1. The van der Waals surface area contributed by atoms with Gasteiger partial charge in [0.05, 0.1) is 12.3 Å². The predicted octanol–water partition coefficient (Wildman–Crippen LogP) is 2.78. The normalized spacial score (nSPS) is 10.5. The fourth-order valence-electron chi connectivity index (χ4n) is 1.76. The number of rotatable bonds is 4. The molecule has 0 amide bonds. The number of hydrogen-bond donors (Lipinski definition) is 1. The number of benzene rings is 1. The van der Waals surface area contributed by atoms with E-state index in [-0.39, 0.29) is 5.82 Å². The van der Waals surface area contributed by atoms with Crippen molar-refractivity contribution >= 4 is 5.82 Å². The Morgan fingerprint density at radius 1 is 1.26 bits per heavy atom. The summed E-state index contributed by atoms with van der Waals surface area (Å²) in [6, 6.07) is 6.66. The molecule has 0 aliphatic carbocycles. The maximum atomic E-state index is 13.3. The summed E-state index contributed by atoms with van der Waals surface area (Å²) in [4.78, 5) is 8.79. The highest BCUT2D eigenvalue weighted by Crippen LogP contribution is 2.20. The summed E-state index contributed by atoms with van der Waals surface area (Å²) in [6.07, 6.45) is 0. The van der Waals surface area contributed by atoms with Gasteiger partial charge in [-0.05, 0) is 30.7 Å². The lowest BCUT2D eigenvalue weighted by Gasteiger charge is -2.08. The van der Waals surface area contributed by atoms with Gasteiger partial charge >= 0.3 is 0 Å². The molecule has 0 bridgehead atoms. The number of hydrogen-bond acceptors (Lipinski definition) is 4. The molecule has 0 radical (unpaired) electrons. The van der Waals surface area contributed by atoms with Crippen LogP contribution in [0.2, 0.25) is 0 Å². The van der Waals surface area contributed by atoms with E-state index in [0.717, 1.165) is 11.3 Å². The van der Waals surface area contributed by atoms with Gasteiger partial charge in [0, 0.05) is 25.8 Å². The minimum absolute atomic E-state index is 0.231. The molecule has 5 heteroatoms. The van der Waals surface area contributed by atoms with Gasteiger partial charge in [0.25, 0.3) is 0 Å². The summed E-state index contributed by atoms with van der Waals surface area (Å²) in [6.45, 7) is 2.13. The number of nitrogens with zero attached hydrogens (tertiary/aromatic N) is 2. The third-order valence-electron chi connectivity index (χ3n) is 2.74. The first kappa shape index (κ1) is 13.4. The van der Waals surface area contributed by atoms with Crippen molar-refractivity contribution in [1.29, 1.82) is 0 Å². The number of methoxy groups -OCH3 is 1. The molecular weight excluding hydrogens is 245 g/mol. The van der Waals surface area contributed by atoms with Crippen LogP contribution in [0.15, 0.2) is 24.3 Å². The fourth-order valence-corrected chi connectivity index (χ4v) is 1.76. The topological polar surface area (TPSA) is 47.0 Å². The van der Waals surface area contributed by atoms with Gasteiger partial charge in [-0.2, -0.15) is 0 Å². The monoisotopic (exact) mass is 261 g/mol. The van der Waals surface area contributed by atoms with Crippen LogP contribution >= 0.6 is 0 Å². The van der Waals surface area contributed by atoms with Crippen molar-refractivity contribution in [1.82, 2.24) is 9.97 Å². The minimum atomic E-state index is -0.231. The average Bonchev–Trinajstić information content (AvgIpc) is 2.42. The quantitative estimate of drug-likeness (QED) is 0.919. The largest absolute Gasteiger partial charge is 0.378 e. The average molecular weight is 261 g/mol. The maximum absolute atomic E-state index is 13.3. The molecule has 0 saturated carbocycles. The van der Waals surface area contributed by atoms with E-state index >= 15 is 0 Å². The lowest BCUT2D eigenvalue weighted by atomic mass is 10.1. The van der Waals surface area contributed by atoms with Gasteiger partial charge in [-0.3, -0.25) is 0 Å². The third-order valence-corrected chi connectivity index (χ3v) is 2.74. The first-order chi connectivity index (χ1) is 9.13. The molecule has 0 saturated heterocycles. The standard InChI is InChI=1S/C14H16FN3O/c1-9-6-10(4-5-12(9)15)14-17-11(8-19-3)7-13(16-2)18-14/h4-7H,8H2,1-3H3,(H,16,17,18). The Labute approximate surface area is 111 Å². The van der Waals surface area contributed by atoms with E-state index < -0.39 is 0 Å². The Morgan fingerprint density at radius 2 is 2.05 bits per heavy atom. The van der Waals surface area contributed by atoms with Crippen LogP contribution in [0.5, 0.6) is 0 Å². The Morgan fingerprint density at radius 3 is 2.68 bits per heavy atom. The molecule has 4 nitrogen and oxygen atoms in total. The highest BCUT2D eigenvalue weighted by molar-refractivity contribution is 5.58. The second kappa shape index (κ2) is 5.75. The van der Waals surface area contributed by atoms with Gasteiger partial charge in [-0.25, -0.2) is 14.4 Å². The summed E-state index contributed by atoms with van der Waals surface area (Å²) < 4.78 is 18.4. The number of halogens is 1. The molecule has 0 unspecified atom stereocenters. The van der Waals surface area contributed by atoms with Crippen LogP contribution in [0.1, 0.15) is 11.3 Å². The van der Waals surface area contributed by atoms with Crippen LogP contribution in [0.25, 0.3) is 11.4 Å². The van der Waals surface area contributed by atoms with Crippen LogP contribution in [-0.4, -0.2) is 24.1 Å². The zero-order chi connectivity index (χ0) is 13.8. The fraction of sp³-hybridized carbons (Fsp3) is 0.286. The van der Waals surface area contributed by atoms with E-state index in [1.807, 2.05) is 6.07 Å². The first-order valence-electron chi connectivity index (χ1n) is 5.95. The van der Waals surface area contributed by atoms with Crippen LogP contribution in [0, 0.1) is 12.7 Å². The van der Waals surface area contributed by atoms with Crippen LogP contribution in [-0.2, 0) is 11.3 Å². The van der Waals surface area contributed by atoms with Gasteiger partial charge < -0.3 is 10.1 Å². The summed E-state index contributed by atoms with van der Waals surface area (Å²) >= 11 is 0. The smallest absolute Gasteiger partial charge is 0.161 e. The summed E-state index contributed by atoms with van der Waals surface area (Å²) in [7, 11) is 3.40. The number of aryl methyl sites for hydroxylation is 1. The SMILES string of the molecule is CNc1cc(COC)nc(-c2ccc(F)c(C)c2)n1. The van der Waals surface area contributed by atoms with E-state index in [1.165, 1.54) is 6.07 Å². The zero-order valence-electron chi connectivity index (χ0n) is 11.2. The first-order valence-corrected chi connectivity index (χ1v) is 5.95. The van der Waals surface area contributed by atoms with E-state index in [2.05, 4.69) is 15.3 Å². The summed E-state index contributed by atoms with van der Waals surface area (Å²) in [5.74, 6) is 1.03. The lowest BCUT2D eigenvalue weighted by Crippen LogP contribution is -2.02. The summed E-state index contributed by atoms with van der Waals surface area (Å²) in [5, 5.41) is 2.98. The molecule has 0 spiro atoms. The summed E-state index contributed by atoms with van der Waals surface area (Å²) in [5.41, 5.74) is 2.14. The van der Waals surface area contributed by atoms with Crippen molar-refractivity contribution in [3.63, 3.8) is 0 Å². The highest BCUT2D eigenvalue weighted by Gasteiger charge is 2.08. The molecule has 0 aliphatic heterocycles. The van der Waals surface area contributed by atoms with Crippen molar-refractivity contribution in [3.05, 3.63) is 41.3 Å². The molecule has 1 heterocycles. The minimum Gasteiger partial charge on any atom is -0.378 e. The molecule has 100 valence electrons. The lowest BCUT2D eigenvalue weighted by molar-refractivity contribution is 0.181. The zero-order valence-corrected chi connectivity index (χ0v) is 11.2. The molecule has 0 fully saturated rings. The van der Waals surface area contributed by atoms with Crippen molar-refractivity contribution in [2.45, 2.75) is 13.5 Å². The molecule has 1 aromatic carbocycles. The second-order valence-electron chi connectivity index (χ2n) is 4.22. The Balaban J connectivity index is 2.47. The van der Waals surface area contributed by atoms with E-state index in [1.54, 1.807) is 33.2 Å². The van der Waals surface area contributed by atoms with E-state index in [9.17, 15) is 4.39 Å². The Kier molecular flexibility index (Phi) is 4.06. The molecule has 1 N–H and O–H groups in total. The molecule has 2 rings (SSSR count). The van der Waals surface area contributed by atoms with Gasteiger partial charge in [0.15, 0.2) is 5.82 Å². The van der Waals surface area contributed by atoms with Gasteiger partial charge in [-0.1, -0.05) is 0 Å². The van der Waals surface area contributed by atoms with Gasteiger partial charge in [0.2, 0.25) is 0 Å². The molecule has 19 heavy (non-hydrogen) atoms. The van der Waals surface area contributed by atoms with Crippen molar-refractivity contribution < 1.29 is 9.13 Å². The molecule has 2 aromatic rings. The number of ether oxygens (including phenoxy) is 1. The Hall–Kier alpha value is -2.01. The van der Waals surface area contributed by atoms with E-state index in [0.29, 0.717) is 23.8 Å². The van der Waals surface area contributed by atoms with Crippen LogP contribution < -0.4 is 5.32 Å². The number of anilines is 1. The predicted molar refractivity (Wildman–Crippen MR) is 72.4 cm³/mol. The van der Waals surface area contributed by atoms with Gasteiger partial charge in [0.1, 0.15) is 11.6 Å². The van der Waals surface area contributed by atoms with Crippen LogP contribution in [0.3, 0.4) is 0 Å². The second-order valence-corrected chi connectivity index (χ2v) is 4.22. The molecule has 0 aliphatic rings. The molecule has 0 atom stereocenters. The van der Waals surface area contributed by atoms with Gasteiger partial charge in [-0.15, -0.1) is 0 Å². The van der Waals surface area contributed by atoms with Crippen molar-refractivity contribution in [2.24, 2.45) is 0 Å². The number of nitrogens with one attached hydrogen (secondary N) is 1. The third kappa shape index (κ3) is 3.06. The van der Waals surface area contributed by atoms with Crippen LogP contribution in [0.4, 0.5) is 10.2 Å². The molecule has 1 aromatic heterocycles. The maximum Gasteiger partial charge on any atom is 0.161 e.